The van der Waals surface area contributed by atoms with Gasteiger partial charge in [0.15, 0.2) is 0 Å². The highest BCUT2D eigenvalue weighted by Crippen LogP contribution is 2.22. The first kappa shape index (κ1) is 14.7. The van der Waals surface area contributed by atoms with Gasteiger partial charge in [0.25, 0.3) is 0 Å². The number of methoxy groups -OCH3 is 1. The second kappa shape index (κ2) is 7.81. The van der Waals surface area contributed by atoms with Gasteiger partial charge in [0.05, 0.1) is 32.0 Å². The molecule has 0 saturated carbocycles. The molecule has 0 radical (unpaired) electrons. The maximum absolute atomic E-state index is 8.94. The summed E-state index contributed by atoms with van der Waals surface area (Å²) in [4.78, 5) is 0. The lowest BCUT2D eigenvalue weighted by atomic mass is 10.2. The minimum atomic E-state index is 0.518. The number of hydrogen-bond donors (Lipinski definition) is 0. The van der Waals surface area contributed by atoms with Gasteiger partial charge < -0.3 is 14.2 Å². The highest BCUT2D eigenvalue weighted by Gasteiger charge is 2.02. The van der Waals surface area contributed by atoms with Crippen LogP contribution in [0.4, 0.5) is 0 Å². The number of nitriles is 1. The minimum absolute atomic E-state index is 0.518. The van der Waals surface area contributed by atoms with Crippen molar-refractivity contribution in [3.63, 3.8) is 0 Å². The molecule has 0 fully saturated rings. The summed E-state index contributed by atoms with van der Waals surface area (Å²) in [5.74, 6) is 2.10. The van der Waals surface area contributed by atoms with Crippen molar-refractivity contribution in [2.45, 2.75) is 6.42 Å². The third kappa shape index (κ3) is 4.73. The second-order valence-corrected chi connectivity index (χ2v) is 4.37. The molecular formula is C17H17NO3. The molecule has 0 heterocycles. The molecule has 0 atom stereocenters. The van der Waals surface area contributed by atoms with E-state index in [0.717, 1.165) is 12.2 Å². The number of nitrogens with zero attached hydrogens (tertiary/aromatic N) is 1. The summed E-state index contributed by atoms with van der Waals surface area (Å²) in [6, 6.07) is 16.9. The van der Waals surface area contributed by atoms with Crippen LogP contribution in [-0.2, 0) is 0 Å². The Balaban J connectivity index is 1.77. The topological polar surface area (TPSA) is 51.5 Å². The molecule has 0 unspecified atom stereocenters. The van der Waals surface area contributed by atoms with Crippen LogP contribution < -0.4 is 14.2 Å². The Hall–Kier alpha value is -2.67. The molecular weight excluding hydrogens is 266 g/mol. The quantitative estimate of drug-likeness (QED) is 0.731. The first-order valence-corrected chi connectivity index (χ1v) is 6.71. The molecule has 4 nitrogen and oxygen atoms in total. The largest absolute Gasteiger partial charge is 0.497 e. The molecule has 0 spiro atoms. The average molecular weight is 283 g/mol. The highest BCUT2D eigenvalue weighted by atomic mass is 16.5. The monoisotopic (exact) mass is 283 g/mol. The van der Waals surface area contributed by atoms with E-state index in [4.69, 9.17) is 19.5 Å². The summed E-state index contributed by atoms with van der Waals surface area (Å²) in [7, 11) is 1.56. The van der Waals surface area contributed by atoms with Crippen LogP contribution in [0, 0.1) is 11.3 Å². The van der Waals surface area contributed by atoms with Gasteiger partial charge in [-0.05, 0) is 24.3 Å². The van der Waals surface area contributed by atoms with Crippen molar-refractivity contribution in [3.05, 3.63) is 54.1 Å². The molecule has 2 aromatic rings. The van der Waals surface area contributed by atoms with Crippen molar-refractivity contribution in [3.8, 4) is 23.3 Å². The maximum Gasteiger partial charge on any atom is 0.124 e. The fourth-order valence-electron chi connectivity index (χ4n) is 1.79. The predicted octanol–water partition coefficient (Wildman–Crippen LogP) is 3.41. The summed E-state index contributed by atoms with van der Waals surface area (Å²) in [6.07, 6.45) is 0.758. The molecule has 4 heteroatoms. The fraction of sp³-hybridized carbons (Fsp3) is 0.235. The molecule has 0 aliphatic heterocycles. The zero-order valence-electron chi connectivity index (χ0n) is 11.9. The van der Waals surface area contributed by atoms with Gasteiger partial charge in [-0.25, -0.2) is 0 Å². The van der Waals surface area contributed by atoms with Crippen molar-refractivity contribution in [2.75, 3.05) is 20.3 Å². The summed E-state index contributed by atoms with van der Waals surface area (Å²) >= 11 is 0. The number of benzene rings is 2. The van der Waals surface area contributed by atoms with Gasteiger partial charge in [-0.15, -0.1) is 0 Å². The van der Waals surface area contributed by atoms with E-state index < -0.39 is 0 Å². The van der Waals surface area contributed by atoms with Crippen LogP contribution in [0.25, 0.3) is 0 Å². The Morgan fingerprint density at radius 3 is 2.24 bits per heavy atom. The molecule has 21 heavy (non-hydrogen) atoms. The Morgan fingerprint density at radius 1 is 0.905 bits per heavy atom. The van der Waals surface area contributed by atoms with Gasteiger partial charge >= 0.3 is 0 Å². The second-order valence-electron chi connectivity index (χ2n) is 4.37. The van der Waals surface area contributed by atoms with E-state index in [2.05, 4.69) is 6.07 Å². The molecule has 0 bridgehead atoms. The first-order chi connectivity index (χ1) is 10.3. The van der Waals surface area contributed by atoms with Gasteiger partial charge in [0.1, 0.15) is 17.2 Å². The number of ether oxygens (including phenoxy) is 3. The third-order valence-electron chi connectivity index (χ3n) is 2.81. The van der Waals surface area contributed by atoms with Gasteiger partial charge in [-0.2, -0.15) is 5.26 Å². The third-order valence-corrected chi connectivity index (χ3v) is 2.81. The minimum Gasteiger partial charge on any atom is -0.497 e. The highest BCUT2D eigenvalue weighted by molar-refractivity contribution is 5.43. The van der Waals surface area contributed by atoms with Crippen LogP contribution in [0.3, 0.4) is 0 Å². The summed E-state index contributed by atoms with van der Waals surface area (Å²) < 4.78 is 16.3. The van der Waals surface area contributed by atoms with Crippen LogP contribution in [0.5, 0.6) is 17.2 Å². The van der Waals surface area contributed by atoms with E-state index in [1.54, 1.807) is 25.3 Å². The van der Waals surface area contributed by atoms with Crippen molar-refractivity contribution < 1.29 is 14.2 Å². The summed E-state index contributed by atoms with van der Waals surface area (Å²) in [6.45, 7) is 1.10. The van der Waals surface area contributed by atoms with Crippen LogP contribution in [-0.4, -0.2) is 20.3 Å². The zero-order chi connectivity index (χ0) is 14.9. The number of para-hydroxylation sites is 1. The Kier molecular flexibility index (Phi) is 5.48. The molecule has 0 aliphatic rings. The Morgan fingerprint density at radius 2 is 1.57 bits per heavy atom. The van der Waals surface area contributed by atoms with Gasteiger partial charge in [0.2, 0.25) is 0 Å². The van der Waals surface area contributed by atoms with Crippen molar-refractivity contribution in [1.82, 2.24) is 0 Å². The predicted molar refractivity (Wildman–Crippen MR) is 79.8 cm³/mol. The lowest BCUT2D eigenvalue weighted by Crippen LogP contribution is -2.05. The zero-order valence-corrected chi connectivity index (χ0v) is 11.9. The molecule has 0 N–H and O–H groups in total. The molecule has 0 aliphatic carbocycles. The molecule has 2 aromatic carbocycles. The summed E-state index contributed by atoms with van der Waals surface area (Å²) in [5.41, 5.74) is 0.518. The van der Waals surface area contributed by atoms with E-state index >= 15 is 0 Å². The maximum atomic E-state index is 8.94. The Labute approximate surface area is 124 Å². The first-order valence-electron chi connectivity index (χ1n) is 6.71. The normalized spacial score (nSPS) is 9.71. The smallest absolute Gasteiger partial charge is 0.124 e. The SMILES string of the molecule is COc1cc(C#N)cc(OCCCOc2ccccc2)c1. The molecule has 0 saturated heterocycles. The van der Waals surface area contributed by atoms with Gasteiger partial charge in [-0.3, -0.25) is 0 Å². The van der Waals surface area contributed by atoms with E-state index in [1.807, 2.05) is 30.3 Å². The van der Waals surface area contributed by atoms with E-state index in [9.17, 15) is 0 Å². The number of rotatable bonds is 7. The average Bonchev–Trinajstić information content (AvgIpc) is 2.55. The number of hydrogen-bond acceptors (Lipinski definition) is 4. The van der Waals surface area contributed by atoms with Gasteiger partial charge in [-0.1, -0.05) is 18.2 Å². The van der Waals surface area contributed by atoms with Crippen molar-refractivity contribution >= 4 is 0 Å². The van der Waals surface area contributed by atoms with Crippen LogP contribution in [0.15, 0.2) is 48.5 Å². The van der Waals surface area contributed by atoms with Gasteiger partial charge in [0, 0.05) is 12.5 Å². The Bertz CT molecular complexity index is 605. The van der Waals surface area contributed by atoms with Crippen LogP contribution in [0.1, 0.15) is 12.0 Å². The van der Waals surface area contributed by atoms with Crippen LogP contribution >= 0.6 is 0 Å². The summed E-state index contributed by atoms with van der Waals surface area (Å²) in [5, 5.41) is 8.94. The molecule has 0 aromatic heterocycles. The molecule has 108 valence electrons. The molecule has 2 rings (SSSR count). The van der Waals surface area contributed by atoms with Crippen molar-refractivity contribution in [2.24, 2.45) is 0 Å². The van der Waals surface area contributed by atoms with Crippen molar-refractivity contribution in [1.29, 1.82) is 5.26 Å². The standard InChI is InChI=1S/C17H17NO3/c1-19-16-10-14(13-18)11-17(12-16)21-9-5-8-20-15-6-3-2-4-7-15/h2-4,6-7,10-12H,5,8-9H2,1H3. The fourth-order valence-corrected chi connectivity index (χ4v) is 1.79. The lowest BCUT2D eigenvalue weighted by molar-refractivity contribution is 0.247. The molecule has 0 amide bonds. The van der Waals surface area contributed by atoms with E-state index in [0.29, 0.717) is 30.3 Å². The van der Waals surface area contributed by atoms with Crippen LogP contribution in [0.2, 0.25) is 0 Å². The van der Waals surface area contributed by atoms with E-state index in [-0.39, 0.29) is 0 Å². The lowest BCUT2D eigenvalue weighted by Gasteiger charge is -2.09. The van der Waals surface area contributed by atoms with E-state index in [1.165, 1.54) is 0 Å².